The SMILES string of the molecule is N#CCC1(n2cc(-c3ncnc4[nH]ccc34)cn2)CN([C@H]2CC[C@@H](Oc3cc(CN)cc(C(F)(F)F)n3)CC2)C1. The number of nitrogens with two attached hydrogens (primary N) is 1. The highest BCUT2D eigenvalue weighted by atomic mass is 19.4. The highest BCUT2D eigenvalue weighted by Crippen LogP contribution is 2.39. The molecule has 40 heavy (non-hydrogen) atoms. The van der Waals surface area contributed by atoms with Gasteiger partial charge in [-0.25, -0.2) is 15.0 Å². The van der Waals surface area contributed by atoms with Gasteiger partial charge in [0.25, 0.3) is 0 Å². The molecule has 2 aliphatic rings. The molecular weight excluding hydrogens is 523 g/mol. The third kappa shape index (κ3) is 4.89. The summed E-state index contributed by atoms with van der Waals surface area (Å²) in [7, 11) is 0. The lowest BCUT2D eigenvalue weighted by Crippen LogP contribution is -2.65. The van der Waals surface area contributed by atoms with Gasteiger partial charge in [0.15, 0.2) is 0 Å². The second-order valence-corrected chi connectivity index (χ2v) is 10.5. The van der Waals surface area contributed by atoms with Gasteiger partial charge in [-0.15, -0.1) is 0 Å². The number of H-pyrrole nitrogens is 1. The maximum Gasteiger partial charge on any atom is 0.433 e. The summed E-state index contributed by atoms with van der Waals surface area (Å²) in [5.41, 5.74) is 6.90. The molecule has 5 heterocycles. The lowest BCUT2D eigenvalue weighted by molar-refractivity contribution is -0.141. The lowest BCUT2D eigenvalue weighted by atomic mass is 9.82. The number of aromatic nitrogens is 6. The average Bonchev–Trinajstić information content (AvgIpc) is 3.61. The molecule has 10 nitrogen and oxygen atoms in total. The first kappa shape index (κ1) is 26.2. The first-order valence-electron chi connectivity index (χ1n) is 13.2. The van der Waals surface area contributed by atoms with Crippen molar-refractivity contribution >= 4 is 11.0 Å². The average molecular weight is 552 g/mol. The Morgan fingerprint density at radius 2 is 1.98 bits per heavy atom. The van der Waals surface area contributed by atoms with E-state index >= 15 is 0 Å². The van der Waals surface area contributed by atoms with Crippen LogP contribution in [0, 0.1) is 11.3 Å². The summed E-state index contributed by atoms with van der Waals surface area (Å²) >= 11 is 0. The van der Waals surface area contributed by atoms with Crippen molar-refractivity contribution in [1.29, 1.82) is 5.26 Å². The zero-order valence-electron chi connectivity index (χ0n) is 21.6. The van der Waals surface area contributed by atoms with E-state index in [9.17, 15) is 18.4 Å². The minimum absolute atomic E-state index is 0.0264. The predicted molar refractivity (Wildman–Crippen MR) is 139 cm³/mol. The summed E-state index contributed by atoms with van der Waals surface area (Å²) in [6.45, 7) is 1.36. The molecule has 1 aliphatic heterocycles. The Kier molecular flexibility index (Phi) is 6.67. The fourth-order valence-electron chi connectivity index (χ4n) is 5.84. The largest absolute Gasteiger partial charge is 0.474 e. The topological polar surface area (TPSA) is 135 Å². The van der Waals surface area contributed by atoms with Crippen LogP contribution in [0.15, 0.2) is 43.1 Å². The van der Waals surface area contributed by atoms with Crippen LogP contribution in [0.1, 0.15) is 43.4 Å². The normalized spacial score (nSPS) is 21.2. The Labute approximate surface area is 228 Å². The zero-order chi connectivity index (χ0) is 27.9. The molecule has 1 aliphatic carbocycles. The van der Waals surface area contributed by atoms with Crippen molar-refractivity contribution in [3.63, 3.8) is 0 Å². The number of nitrogens with one attached hydrogen (secondary N) is 1. The Bertz CT molecular complexity index is 1540. The van der Waals surface area contributed by atoms with E-state index in [1.54, 1.807) is 6.20 Å². The van der Waals surface area contributed by atoms with Gasteiger partial charge in [0.1, 0.15) is 29.3 Å². The van der Waals surface area contributed by atoms with E-state index < -0.39 is 17.4 Å². The highest BCUT2D eigenvalue weighted by Gasteiger charge is 2.48. The molecule has 4 aromatic heterocycles. The van der Waals surface area contributed by atoms with Crippen LogP contribution in [-0.2, 0) is 18.3 Å². The molecule has 0 amide bonds. The van der Waals surface area contributed by atoms with Crippen molar-refractivity contribution in [3.8, 4) is 23.2 Å². The molecule has 0 spiro atoms. The van der Waals surface area contributed by atoms with E-state index in [0.717, 1.165) is 41.2 Å². The fraction of sp³-hybridized carbons (Fsp3) is 0.444. The van der Waals surface area contributed by atoms with Gasteiger partial charge < -0.3 is 15.5 Å². The van der Waals surface area contributed by atoms with Gasteiger partial charge in [-0.1, -0.05) is 0 Å². The Morgan fingerprint density at radius 1 is 1.18 bits per heavy atom. The molecule has 2 fully saturated rings. The molecule has 0 radical (unpaired) electrons. The minimum Gasteiger partial charge on any atom is -0.474 e. The molecular formula is C27H28F3N9O. The van der Waals surface area contributed by atoms with Crippen LogP contribution < -0.4 is 10.5 Å². The Morgan fingerprint density at radius 3 is 2.70 bits per heavy atom. The van der Waals surface area contributed by atoms with Crippen LogP contribution in [-0.4, -0.2) is 59.9 Å². The first-order valence-corrected chi connectivity index (χ1v) is 13.2. The third-order valence-electron chi connectivity index (χ3n) is 7.93. The van der Waals surface area contributed by atoms with E-state index in [2.05, 4.69) is 36.0 Å². The molecule has 208 valence electrons. The lowest BCUT2D eigenvalue weighted by Gasteiger charge is -2.53. The smallest absolute Gasteiger partial charge is 0.433 e. The Balaban J connectivity index is 1.09. The van der Waals surface area contributed by atoms with Crippen molar-refractivity contribution in [1.82, 2.24) is 34.6 Å². The van der Waals surface area contributed by atoms with Crippen LogP contribution in [0.2, 0.25) is 0 Å². The molecule has 0 atom stereocenters. The maximum atomic E-state index is 13.2. The number of hydrogen-bond donors (Lipinski definition) is 2. The van der Waals surface area contributed by atoms with Crippen molar-refractivity contribution in [3.05, 3.63) is 54.4 Å². The van der Waals surface area contributed by atoms with Gasteiger partial charge in [0.05, 0.1) is 24.4 Å². The summed E-state index contributed by atoms with van der Waals surface area (Å²) in [4.78, 5) is 17.8. The summed E-state index contributed by atoms with van der Waals surface area (Å²) in [6.07, 6.45) is 5.70. The van der Waals surface area contributed by atoms with E-state index in [4.69, 9.17) is 10.5 Å². The van der Waals surface area contributed by atoms with Crippen LogP contribution in [0.25, 0.3) is 22.3 Å². The second kappa shape index (κ2) is 10.2. The molecule has 0 bridgehead atoms. The van der Waals surface area contributed by atoms with Gasteiger partial charge in [-0.2, -0.15) is 23.5 Å². The van der Waals surface area contributed by atoms with Crippen molar-refractivity contribution in [2.75, 3.05) is 13.1 Å². The van der Waals surface area contributed by atoms with E-state index in [1.165, 1.54) is 12.4 Å². The third-order valence-corrected chi connectivity index (χ3v) is 7.93. The van der Waals surface area contributed by atoms with Crippen molar-refractivity contribution in [2.24, 2.45) is 5.73 Å². The minimum atomic E-state index is -4.56. The molecule has 6 rings (SSSR count). The standard InChI is InChI=1S/C27H28F3N9O/c28-27(29,30)22-9-17(11-32)10-23(37-22)40-20-3-1-19(2-4-20)38-14-26(15-38,6-7-31)39-13-18(12-36-39)24-21-5-8-33-25(21)35-16-34-24/h5,8-10,12-13,16,19-20H,1-4,6,11,14-15,32H2,(H,33,34,35)/t19-,20+. The van der Waals surface area contributed by atoms with Gasteiger partial charge in [-0.3, -0.25) is 9.58 Å². The molecule has 3 N–H and O–H groups in total. The number of nitriles is 1. The number of halogens is 3. The number of hydrogen-bond acceptors (Lipinski definition) is 8. The number of pyridine rings is 1. The van der Waals surface area contributed by atoms with Crippen molar-refractivity contribution < 1.29 is 17.9 Å². The van der Waals surface area contributed by atoms with E-state index in [-0.39, 0.29) is 18.5 Å². The monoisotopic (exact) mass is 551 g/mol. The van der Waals surface area contributed by atoms with Crippen molar-refractivity contribution in [2.45, 2.75) is 62.5 Å². The number of alkyl halides is 3. The van der Waals surface area contributed by atoms with Crippen LogP contribution in [0.3, 0.4) is 0 Å². The second-order valence-electron chi connectivity index (χ2n) is 10.5. The first-order chi connectivity index (χ1) is 19.3. The fourth-order valence-corrected chi connectivity index (χ4v) is 5.84. The molecule has 1 saturated carbocycles. The number of likely N-dealkylation sites (tertiary alicyclic amines) is 1. The summed E-state index contributed by atoms with van der Waals surface area (Å²) < 4.78 is 47.5. The number of nitrogens with zero attached hydrogens (tertiary/aromatic N) is 7. The van der Waals surface area contributed by atoms with Gasteiger partial charge in [0, 0.05) is 55.1 Å². The van der Waals surface area contributed by atoms with Crippen LogP contribution in [0.4, 0.5) is 13.2 Å². The molecule has 0 unspecified atom stereocenters. The summed E-state index contributed by atoms with van der Waals surface area (Å²) in [5.74, 6) is -0.0363. The van der Waals surface area contributed by atoms with E-state index in [0.29, 0.717) is 44.0 Å². The highest BCUT2D eigenvalue weighted by molar-refractivity contribution is 5.90. The number of fused-ring (bicyclic) bond motifs is 1. The quantitative estimate of drug-likeness (QED) is 0.352. The Hall–Kier alpha value is -4.02. The number of rotatable bonds is 7. The summed E-state index contributed by atoms with van der Waals surface area (Å²) in [5, 5.41) is 15.1. The number of ether oxygens (including phenoxy) is 1. The summed E-state index contributed by atoms with van der Waals surface area (Å²) in [6, 6.07) is 7.00. The maximum absolute atomic E-state index is 13.2. The van der Waals surface area contributed by atoms with Crippen LogP contribution in [0.5, 0.6) is 5.88 Å². The van der Waals surface area contributed by atoms with Gasteiger partial charge in [-0.05, 0) is 43.4 Å². The number of aromatic amines is 1. The molecule has 4 aromatic rings. The predicted octanol–water partition coefficient (Wildman–Crippen LogP) is 4.01. The zero-order valence-corrected chi connectivity index (χ0v) is 21.6. The van der Waals surface area contributed by atoms with Gasteiger partial charge >= 0.3 is 6.18 Å². The molecule has 0 aromatic carbocycles. The molecule has 13 heteroatoms. The molecule has 1 saturated heterocycles. The van der Waals surface area contributed by atoms with Gasteiger partial charge in [0.2, 0.25) is 5.88 Å². The van der Waals surface area contributed by atoms with E-state index in [1.807, 2.05) is 23.1 Å². The van der Waals surface area contributed by atoms with Crippen LogP contribution >= 0.6 is 0 Å².